The van der Waals surface area contributed by atoms with E-state index in [0.717, 1.165) is 4.31 Å². The molecule has 92 valence electrons. The number of sulfonamides is 1. The highest BCUT2D eigenvalue weighted by atomic mass is 79.9. The van der Waals surface area contributed by atoms with Gasteiger partial charge in [0.05, 0.1) is 11.1 Å². The van der Waals surface area contributed by atoms with Crippen LogP contribution in [0.25, 0.3) is 0 Å². The van der Waals surface area contributed by atoms with Gasteiger partial charge in [0.25, 0.3) is 0 Å². The molecule has 0 saturated heterocycles. The zero-order valence-electron chi connectivity index (χ0n) is 9.02. The summed E-state index contributed by atoms with van der Waals surface area (Å²) in [4.78, 5) is 0.0443. The zero-order chi connectivity index (χ0) is 13.1. The highest BCUT2D eigenvalue weighted by Crippen LogP contribution is 2.27. The quantitative estimate of drug-likeness (QED) is 0.848. The van der Waals surface area contributed by atoms with Gasteiger partial charge in [-0.2, -0.15) is 9.57 Å². The Hall–Kier alpha value is -0.610. The Bertz CT molecular complexity index is 554. The molecule has 1 aromatic carbocycles. The van der Waals surface area contributed by atoms with E-state index < -0.39 is 10.0 Å². The van der Waals surface area contributed by atoms with Crippen molar-refractivity contribution >= 4 is 37.6 Å². The van der Waals surface area contributed by atoms with Crippen molar-refractivity contribution in [3.8, 4) is 6.07 Å². The van der Waals surface area contributed by atoms with Gasteiger partial charge in [-0.1, -0.05) is 27.5 Å². The number of rotatable bonds is 4. The van der Waals surface area contributed by atoms with E-state index in [0.29, 0.717) is 4.47 Å². The Balaban J connectivity index is 3.09. The Morgan fingerprint density at radius 2 is 2.18 bits per heavy atom. The van der Waals surface area contributed by atoms with Crippen molar-refractivity contribution in [2.24, 2.45) is 0 Å². The van der Waals surface area contributed by atoms with Crippen molar-refractivity contribution < 1.29 is 8.42 Å². The maximum atomic E-state index is 12.1. The second-order valence-corrected chi connectivity index (χ2v) is 6.65. The van der Waals surface area contributed by atoms with Crippen molar-refractivity contribution in [1.82, 2.24) is 4.31 Å². The SMILES string of the molecule is CN(CCC#N)S(=O)(=O)c1ccc(Br)cc1Cl. The molecule has 0 N–H and O–H groups in total. The number of nitrogens with zero attached hydrogens (tertiary/aromatic N) is 2. The second kappa shape index (κ2) is 5.83. The number of nitriles is 1. The van der Waals surface area contributed by atoms with Crippen molar-refractivity contribution in [1.29, 1.82) is 5.26 Å². The van der Waals surface area contributed by atoms with Crippen LogP contribution in [0.5, 0.6) is 0 Å². The van der Waals surface area contributed by atoms with Gasteiger partial charge in [-0.15, -0.1) is 0 Å². The molecule has 0 aromatic heterocycles. The molecule has 0 saturated carbocycles. The second-order valence-electron chi connectivity index (χ2n) is 3.31. The summed E-state index contributed by atoms with van der Waals surface area (Å²) in [6, 6.07) is 6.46. The molecule has 0 spiro atoms. The molecular formula is C10H10BrClN2O2S. The summed E-state index contributed by atoms with van der Waals surface area (Å²) in [7, 11) is -2.21. The lowest BCUT2D eigenvalue weighted by Gasteiger charge is -2.16. The van der Waals surface area contributed by atoms with Gasteiger partial charge >= 0.3 is 0 Å². The summed E-state index contributed by atoms with van der Waals surface area (Å²) in [6.45, 7) is 0.144. The molecular weight excluding hydrogens is 328 g/mol. The molecule has 7 heteroatoms. The van der Waals surface area contributed by atoms with Crippen LogP contribution >= 0.6 is 27.5 Å². The third kappa shape index (κ3) is 3.42. The standard InChI is InChI=1S/C10H10BrClN2O2S/c1-14(6-2-5-13)17(15,16)10-4-3-8(11)7-9(10)12/h3-4,7H,2,6H2,1H3. The fraction of sp³-hybridized carbons (Fsp3) is 0.300. The first kappa shape index (κ1) is 14.5. The zero-order valence-corrected chi connectivity index (χ0v) is 12.2. The summed E-state index contributed by atoms with van der Waals surface area (Å²) in [6.07, 6.45) is 0.143. The van der Waals surface area contributed by atoms with E-state index in [1.54, 1.807) is 6.07 Å². The van der Waals surface area contributed by atoms with Crippen LogP contribution in [-0.2, 0) is 10.0 Å². The predicted molar refractivity (Wildman–Crippen MR) is 69.2 cm³/mol. The van der Waals surface area contributed by atoms with E-state index in [4.69, 9.17) is 16.9 Å². The average molecular weight is 338 g/mol. The lowest BCUT2D eigenvalue weighted by Crippen LogP contribution is -2.28. The number of hydrogen-bond acceptors (Lipinski definition) is 3. The van der Waals surface area contributed by atoms with Crippen LogP contribution < -0.4 is 0 Å². The van der Waals surface area contributed by atoms with Gasteiger partial charge in [-0.3, -0.25) is 0 Å². The van der Waals surface area contributed by atoms with Crippen molar-refractivity contribution in [3.05, 3.63) is 27.7 Å². The normalized spacial score (nSPS) is 11.5. The highest BCUT2D eigenvalue weighted by molar-refractivity contribution is 9.10. The molecule has 0 aliphatic heterocycles. The van der Waals surface area contributed by atoms with Crippen LogP contribution in [-0.4, -0.2) is 26.3 Å². The lowest BCUT2D eigenvalue weighted by atomic mass is 10.4. The number of halogens is 2. The Kier molecular flexibility index (Phi) is 4.95. The van der Waals surface area contributed by atoms with Crippen LogP contribution in [0, 0.1) is 11.3 Å². The van der Waals surface area contributed by atoms with Crippen LogP contribution in [0.1, 0.15) is 6.42 Å². The number of benzene rings is 1. The number of hydrogen-bond donors (Lipinski definition) is 0. The maximum Gasteiger partial charge on any atom is 0.244 e. The monoisotopic (exact) mass is 336 g/mol. The van der Waals surface area contributed by atoms with E-state index >= 15 is 0 Å². The third-order valence-electron chi connectivity index (χ3n) is 2.12. The van der Waals surface area contributed by atoms with Gasteiger partial charge in [0.15, 0.2) is 0 Å². The maximum absolute atomic E-state index is 12.1. The first-order valence-electron chi connectivity index (χ1n) is 4.68. The van der Waals surface area contributed by atoms with E-state index in [-0.39, 0.29) is 22.9 Å². The average Bonchev–Trinajstić information content (AvgIpc) is 2.25. The summed E-state index contributed by atoms with van der Waals surface area (Å²) in [5.74, 6) is 0. The fourth-order valence-corrected chi connectivity index (χ4v) is 3.36. The van der Waals surface area contributed by atoms with Gasteiger partial charge in [0, 0.05) is 24.5 Å². The van der Waals surface area contributed by atoms with Gasteiger partial charge in [-0.05, 0) is 18.2 Å². The van der Waals surface area contributed by atoms with E-state index in [1.165, 1.54) is 19.2 Å². The molecule has 0 bridgehead atoms. The summed E-state index contributed by atoms with van der Waals surface area (Å²) in [5.41, 5.74) is 0. The topological polar surface area (TPSA) is 61.2 Å². The molecule has 4 nitrogen and oxygen atoms in total. The minimum absolute atomic E-state index is 0.0443. The van der Waals surface area contributed by atoms with Crippen molar-refractivity contribution in [2.45, 2.75) is 11.3 Å². The first-order chi connectivity index (χ1) is 7.89. The van der Waals surface area contributed by atoms with Crippen LogP contribution in [0.15, 0.2) is 27.6 Å². The Morgan fingerprint density at radius 3 is 2.71 bits per heavy atom. The molecule has 0 aliphatic rings. The van der Waals surface area contributed by atoms with E-state index in [2.05, 4.69) is 15.9 Å². The minimum Gasteiger partial charge on any atom is -0.207 e. The molecule has 1 rings (SSSR count). The molecule has 1 aromatic rings. The summed E-state index contributed by atoms with van der Waals surface area (Å²) >= 11 is 9.10. The first-order valence-corrected chi connectivity index (χ1v) is 7.29. The van der Waals surface area contributed by atoms with Gasteiger partial charge in [0.2, 0.25) is 10.0 Å². The Labute approximate surface area is 114 Å². The molecule has 0 radical (unpaired) electrons. The highest BCUT2D eigenvalue weighted by Gasteiger charge is 2.23. The molecule has 0 amide bonds. The van der Waals surface area contributed by atoms with Gasteiger partial charge in [0.1, 0.15) is 4.90 Å². The summed E-state index contributed by atoms with van der Waals surface area (Å²) < 4.78 is 26.0. The third-order valence-corrected chi connectivity index (χ3v) is 4.95. The fourth-order valence-electron chi connectivity index (χ4n) is 1.18. The molecule has 0 unspecified atom stereocenters. The van der Waals surface area contributed by atoms with Gasteiger partial charge in [-0.25, -0.2) is 8.42 Å². The largest absolute Gasteiger partial charge is 0.244 e. The summed E-state index contributed by atoms with van der Waals surface area (Å²) in [5, 5.41) is 8.59. The van der Waals surface area contributed by atoms with E-state index in [1.807, 2.05) is 6.07 Å². The van der Waals surface area contributed by atoms with Crippen molar-refractivity contribution in [3.63, 3.8) is 0 Å². The van der Waals surface area contributed by atoms with Gasteiger partial charge < -0.3 is 0 Å². The molecule has 0 heterocycles. The molecule has 0 atom stereocenters. The molecule has 0 aliphatic carbocycles. The minimum atomic E-state index is -3.63. The lowest BCUT2D eigenvalue weighted by molar-refractivity contribution is 0.476. The molecule has 0 fully saturated rings. The van der Waals surface area contributed by atoms with Crippen LogP contribution in [0.2, 0.25) is 5.02 Å². The van der Waals surface area contributed by atoms with Crippen LogP contribution in [0.4, 0.5) is 0 Å². The Morgan fingerprint density at radius 1 is 1.53 bits per heavy atom. The smallest absolute Gasteiger partial charge is 0.207 e. The predicted octanol–water partition coefficient (Wildman–Crippen LogP) is 2.64. The van der Waals surface area contributed by atoms with Crippen LogP contribution in [0.3, 0.4) is 0 Å². The van der Waals surface area contributed by atoms with Crippen molar-refractivity contribution in [2.75, 3.05) is 13.6 Å². The van der Waals surface area contributed by atoms with E-state index in [9.17, 15) is 8.42 Å². The molecule has 17 heavy (non-hydrogen) atoms.